The van der Waals surface area contributed by atoms with Crippen LogP contribution in [0.25, 0.3) is 0 Å². The number of anilines is 2. The number of sulfonamides is 1. The van der Waals surface area contributed by atoms with Gasteiger partial charge in [0.05, 0.1) is 6.61 Å². The van der Waals surface area contributed by atoms with Gasteiger partial charge in [0.1, 0.15) is 16.7 Å². The summed E-state index contributed by atoms with van der Waals surface area (Å²) >= 11 is 5.86. The first-order chi connectivity index (χ1) is 14.2. The number of nitrogens with one attached hydrogen (secondary N) is 2. The van der Waals surface area contributed by atoms with Crippen molar-refractivity contribution in [2.75, 3.05) is 30.3 Å². The molecular weight excluding hydrogens is 426 g/mol. The zero-order chi connectivity index (χ0) is 22.3. The summed E-state index contributed by atoms with van der Waals surface area (Å²) in [6, 6.07) is 11.0. The van der Waals surface area contributed by atoms with Crippen molar-refractivity contribution in [3.05, 3.63) is 47.5 Å². The largest absolute Gasteiger partial charge is 0.492 e. The van der Waals surface area contributed by atoms with Crippen LogP contribution < -0.4 is 15.4 Å². The van der Waals surface area contributed by atoms with E-state index in [1.54, 1.807) is 64.1 Å². The second-order valence-corrected chi connectivity index (χ2v) is 8.89. The maximum absolute atomic E-state index is 13.1. The van der Waals surface area contributed by atoms with Crippen LogP contribution in [0, 0.1) is 0 Å². The lowest BCUT2D eigenvalue weighted by Crippen LogP contribution is -2.32. The van der Waals surface area contributed by atoms with Crippen molar-refractivity contribution in [3.8, 4) is 5.75 Å². The number of carbonyl (C=O) groups is 1. The van der Waals surface area contributed by atoms with Gasteiger partial charge >= 0.3 is 0 Å². The quantitative estimate of drug-likeness (QED) is 0.562. The number of hydrogen-bond donors (Lipinski definition) is 2. The van der Waals surface area contributed by atoms with Crippen LogP contribution in [0.2, 0.25) is 5.02 Å². The van der Waals surface area contributed by atoms with Crippen LogP contribution in [0.1, 0.15) is 27.7 Å². The molecule has 1 atom stereocenters. The molecule has 0 radical (unpaired) electrons. The summed E-state index contributed by atoms with van der Waals surface area (Å²) in [5.41, 5.74) is 1.12. The molecule has 2 aromatic carbocycles. The molecule has 1 amide bonds. The molecule has 2 aromatic rings. The number of rotatable bonds is 10. The first-order valence-corrected chi connectivity index (χ1v) is 11.6. The molecule has 0 aliphatic rings. The summed E-state index contributed by atoms with van der Waals surface area (Å²) < 4.78 is 33.0. The summed E-state index contributed by atoms with van der Waals surface area (Å²) in [5.74, 6) is 0.0209. The van der Waals surface area contributed by atoms with Crippen LogP contribution in [0.5, 0.6) is 5.75 Å². The van der Waals surface area contributed by atoms with E-state index >= 15 is 0 Å². The summed E-state index contributed by atoms with van der Waals surface area (Å²) in [5, 5.41) is 6.42. The van der Waals surface area contributed by atoms with Crippen LogP contribution in [-0.2, 0) is 14.8 Å². The van der Waals surface area contributed by atoms with Crippen LogP contribution in [0.3, 0.4) is 0 Å². The maximum atomic E-state index is 13.1. The molecule has 1 unspecified atom stereocenters. The van der Waals surface area contributed by atoms with Gasteiger partial charge in [-0.05, 0) is 56.3 Å². The summed E-state index contributed by atoms with van der Waals surface area (Å²) in [4.78, 5) is 12.6. The van der Waals surface area contributed by atoms with E-state index in [9.17, 15) is 13.2 Å². The fourth-order valence-corrected chi connectivity index (χ4v) is 4.62. The van der Waals surface area contributed by atoms with Gasteiger partial charge in [0, 0.05) is 29.5 Å². The smallest absolute Gasteiger partial charge is 0.246 e. The van der Waals surface area contributed by atoms with E-state index in [-0.39, 0.29) is 16.6 Å². The van der Waals surface area contributed by atoms with E-state index in [1.807, 2.05) is 0 Å². The standard InChI is InChI=1S/C21H28ClN3O4S/c1-5-25(6-2)30(27,28)20-14-18(12-13-19(20)29-7-3)23-15(4)21(26)24-17-10-8-16(22)9-11-17/h8-15,23H,5-7H2,1-4H3,(H,24,26). The predicted molar refractivity (Wildman–Crippen MR) is 121 cm³/mol. The first kappa shape index (κ1) is 24.0. The normalized spacial score (nSPS) is 12.5. The van der Waals surface area contributed by atoms with E-state index in [4.69, 9.17) is 16.3 Å². The molecule has 2 rings (SSSR count). The highest BCUT2D eigenvalue weighted by atomic mass is 35.5. The Labute approximate surface area is 183 Å². The number of carbonyl (C=O) groups excluding carboxylic acids is 1. The number of amides is 1. The van der Waals surface area contributed by atoms with Gasteiger partial charge in [-0.1, -0.05) is 25.4 Å². The molecule has 7 nitrogen and oxygen atoms in total. The molecule has 9 heteroatoms. The predicted octanol–water partition coefficient (Wildman–Crippen LogP) is 4.21. The number of halogens is 1. The molecule has 0 aliphatic carbocycles. The van der Waals surface area contributed by atoms with Gasteiger partial charge < -0.3 is 15.4 Å². The van der Waals surface area contributed by atoms with Crippen LogP contribution >= 0.6 is 11.6 Å². The molecule has 0 saturated heterocycles. The molecule has 0 bridgehead atoms. The van der Waals surface area contributed by atoms with E-state index < -0.39 is 16.1 Å². The monoisotopic (exact) mass is 453 g/mol. The average Bonchev–Trinajstić information content (AvgIpc) is 2.71. The minimum Gasteiger partial charge on any atom is -0.492 e. The van der Waals surface area contributed by atoms with E-state index in [0.29, 0.717) is 36.1 Å². The second-order valence-electron chi connectivity index (χ2n) is 6.55. The third-order valence-electron chi connectivity index (χ3n) is 4.46. The molecule has 0 fully saturated rings. The zero-order valence-corrected chi connectivity index (χ0v) is 19.2. The van der Waals surface area contributed by atoms with Crippen molar-refractivity contribution < 1.29 is 17.9 Å². The van der Waals surface area contributed by atoms with E-state index in [2.05, 4.69) is 10.6 Å². The van der Waals surface area contributed by atoms with Gasteiger partial charge in [-0.25, -0.2) is 8.42 Å². The van der Waals surface area contributed by atoms with Crippen LogP contribution in [0.15, 0.2) is 47.4 Å². The van der Waals surface area contributed by atoms with Crippen molar-refractivity contribution in [2.24, 2.45) is 0 Å². The lowest BCUT2D eigenvalue weighted by Gasteiger charge is -2.22. The van der Waals surface area contributed by atoms with Crippen molar-refractivity contribution in [3.63, 3.8) is 0 Å². The Morgan fingerprint density at radius 2 is 1.67 bits per heavy atom. The molecule has 0 spiro atoms. The lowest BCUT2D eigenvalue weighted by molar-refractivity contribution is -0.116. The van der Waals surface area contributed by atoms with Gasteiger partial charge in [0.25, 0.3) is 0 Å². The minimum absolute atomic E-state index is 0.0726. The van der Waals surface area contributed by atoms with Crippen molar-refractivity contribution in [1.82, 2.24) is 4.31 Å². The Kier molecular flexibility index (Phi) is 8.52. The summed E-state index contributed by atoms with van der Waals surface area (Å²) in [6.07, 6.45) is 0. The SMILES string of the molecule is CCOc1ccc(NC(C)C(=O)Nc2ccc(Cl)cc2)cc1S(=O)(=O)N(CC)CC. The Bertz CT molecular complexity index is 961. The highest BCUT2D eigenvalue weighted by molar-refractivity contribution is 7.89. The van der Waals surface area contributed by atoms with E-state index in [1.165, 1.54) is 10.4 Å². The van der Waals surface area contributed by atoms with Crippen LogP contribution in [-0.4, -0.2) is 44.4 Å². The number of hydrogen-bond acceptors (Lipinski definition) is 5. The first-order valence-electron chi connectivity index (χ1n) is 9.82. The highest BCUT2D eigenvalue weighted by Gasteiger charge is 2.26. The van der Waals surface area contributed by atoms with Gasteiger partial charge in [0.2, 0.25) is 15.9 Å². The van der Waals surface area contributed by atoms with Crippen molar-refractivity contribution in [1.29, 1.82) is 0 Å². The molecule has 0 aromatic heterocycles. The van der Waals surface area contributed by atoms with E-state index in [0.717, 1.165) is 0 Å². The Morgan fingerprint density at radius 3 is 2.23 bits per heavy atom. The third-order valence-corrected chi connectivity index (χ3v) is 6.78. The van der Waals surface area contributed by atoms with Gasteiger partial charge in [-0.15, -0.1) is 0 Å². The van der Waals surface area contributed by atoms with Crippen LogP contribution in [0.4, 0.5) is 11.4 Å². The van der Waals surface area contributed by atoms with Gasteiger partial charge in [0.15, 0.2) is 0 Å². The molecule has 30 heavy (non-hydrogen) atoms. The zero-order valence-electron chi connectivity index (χ0n) is 17.6. The van der Waals surface area contributed by atoms with Crippen molar-refractivity contribution >= 4 is 38.9 Å². The topological polar surface area (TPSA) is 87.7 Å². The maximum Gasteiger partial charge on any atom is 0.246 e. The highest BCUT2D eigenvalue weighted by Crippen LogP contribution is 2.30. The number of nitrogens with zero attached hydrogens (tertiary/aromatic N) is 1. The molecule has 2 N–H and O–H groups in total. The van der Waals surface area contributed by atoms with Gasteiger partial charge in [-0.3, -0.25) is 4.79 Å². The number of ether oxygens (including phenoxy) is 1. The average molecular weight is 454 g/mol. The lowest BCUT2D eigenvalue weighted by atomic mass is 10.2. The summed E-state index contributed by atoms with van der Waals surface area (Å²) in [7, 11) is -3.73. The minimum atomic E-state index is -3.73. The molecule has 0 aliphatic heterocycles. The van der Waals surface area contributed by atoms with Crippen molar-refractivity contribution in [2.45, 2.75) is 38.6 Å². The Balaban J connectivity index is 2.25. The van der Waals surface area contributed by atoms with Gasteiger partial charge in [-0.2, -0.15) is 4.31 Å². The molecule has 164 valence electrons. The Hall–Kier alpha value is -2.29. The molecule has 0 saturated carbocycles. The third kappa shape index (κ3) is 5.87. The number of benzene rings is 2. The Morgan fingerprint density at radius 1 is 1.07 bits per heavy atom. The molecular formula is C21H28ClN3O4S. The molecule has 0 heterocycles. The fraction of sp³-hybridized carbons (Fsp3) is 0.381. The fourth-order valence-electron chi connectivity index (χ4n) is 2.88. The second kappa shape index (κ2) is 10.7. The summed E-state index contributed by atoms with van der Waals surface area (Å²) in [6.45, 7) is 8.10.